The van der Waals surface area contributed by atoms with Crippen LogP contribution in [0, 0.1) is 0 Å². The van der Waals surface area contributed by atoms with Crippen LogP contribution in [-0.4, -0.2) is 52.3 Å². The van der Waals surface area contributed by atoms with Gasteiger partial charge in [0.2, 0.25) is 11.8 Å². The molecule has 1 aliphatic heterocycles. The van der Waals surface area contributed by atoms with Gasteiger partial charge in [-0.15, -0.1) is 0 Å². The monoisotopic (exact) mass is 385 g/mol. The zero-order valence-electron chi connectivity index (χ0n) is 12.1. The molecule has 1 fully saturated rings. The molecule has 4 N–H and O–H groups in total. The van der Waals surface area contributed by atoms with Crippen molar-refractivity contribution in [1.82, 2.24) is 10.6 Å². The summed E-state index contributed by atoms with van der Waals surface area (Å²) in [6.45, 7) is -0.638. The van der Waals surface area contributed by atoms with Crippen molar-refractivity contribution in [3.05, 3.63) is 0 Å². The third-order valence-corrected chi connectivity index (χ3v) is 3.30. The quantitative estimate of drug-likeness (QED) is 0.272. The lowest BCUT2D eigenvalue weighted by Gasteiger charge is -2.17. The summed E-state index contributed by atoms with van der Waals surface area (Å²) in [6, 6.07) is -2.28. The molecule has 0 aromatic heterocycles. The smallest absolute Gasteiger partial charge is 0.344 e. The van der Waals surface area contributed by atoms with Gasteiger partial charge in [-0.3, -0.25) is 19.4 Å². The van der Waals surface area contributed by atoms with Gasteiger partial charge in [-0.1, -0.05) is 0 Å². The molecule has 1 heterocycles. The van der Waals surface area contributed by atoms with Crippen LogP contribution in [0.15, 0.2) is 0 Å². The highest BCUT2D eigenvalue weighted by Gasteiger charge is 2.24. The maximum Gasteiger partial charge on any atom is 0.381 e. The molecule has 14 heteroatoms. The number of rotatable bonds is 1. The number of carbonyl (C=O) groups excluding carboxylic acids is 4. The standard InChI is InChI=1S/C10H15N3O9S2/c11-5-1-2-7(14)13-6(4-23)9(16)12-3-8(15)19-21-24(18)22-20-10(5)17/h5-6,23H,1-4,11H2,(H,12,16)(H,13,14). The first-order chi connectivity index (χ1) is 11.3. The van der Waals surface area contributed by atoms with E-state index in [1.165, 1.54) is 0 Å². The fraction of sp³-hybridized carbons (Fsp3) is 0.600. The van der Waals surface area contributed by atoms with Crippen molar-refractivity contribution in [2.24, 2.45) is 5.73 Å². The number of amides is 2. The van der Waals surface area contributed by atoms with Crippen LogP contribution in [0.5, 0.6) is 0 Å². The Balaban J connectivity index is 2.75. The normalized spacial score (nSPS) is 28.3. The topological polar surface area (TPSA) is 172 Å². The van der Waals surface area contributed by atoms with E-state index in [4.69, 9.17) is 5.73 Å². The number of thiol groups is 1. The number of nitrogens with two attached hydrogens (primary N) is 1. The summed E-state index contributed by atoms with van der Waals surface area (Å²) in [7, 11) is 0. The largest absolute Gasteiger partial charge is 0.381 e. The van der Waals surface area contributed by atoms with Crippen molar-refractivity contribution < 1.29 is 41.8 Å². The predicted molar refractivity (Wildman–Crippen MR) is 78.5 cm³/mol. The van der Waals surface area contributed by atoms with E-state index < -0.39 is 53.7 Å². The number of nitrogens with one attached hydrogen (secondary N) is 2. The summed E-state index contributed by atoms with van der Waals surface area (Å²) in [5, 5.41) is 4.52. The highest BCUT2D eigenvalue weighted by atomic mass is 32.2. The second-order valence-electron chi connectivity index (χ2n) is 4.36. The molecule has 2 amide bonds. The zero-order chi connectivity index (χ0) is 18.1. The molecule has 3 atom stereocenters. The maximum absolute atomic E-state index is 11.8. The van der Waals surface area contributed by atoms with E-state index in [1.807, 2.05) is 0 Å². The highest BCUT2D eigenvalue weighted by molar-refractivity contribution is 7.80. The molecule has 0 aromatic rings. The molecule has 0 bridgehead atoms. The third kappa shape index (κ3) is 7.22. The van der Waals surface area contributed by atoms with E-state index in [0.29, 0.717) is 0 Å². The van der Waals surface area contributed by atoms with E-state index in [2.05, 4.69) is 41.7 Å². The molecule has 0 aromatic carbocycles. The molecule has 12 nitrogen and oxygen atoms in total. The van der Waals surface area contributed by atoms with Crippen molar-refractivity contribution >= 4 is 47.7 Å². The predicted octanol–water partition coefficient (Wildman–Crippen LogP) is -2.83. The number of hydrogen-bond acceptors (Lipinski definition) is 11. The summed E-state index contributed by atoms with van der Waals surface area (Å²) in [5.41, 5.74) is 5.45. The minimum absolute atomic E-state index is 0.0466. The van der Waals surface area contributed by atoms with Crippen molar-refractivity contribution in [3.63, 3.8) is 0 Å². The molecule has 1 saturated heterocycles. The highest BCUT2D eigenvalue weighted by Crippen LogP contribution is 2.02. The van der Waals surface area contributed by atoms with Gasteiger partial charge in [-0.05, 0) is 15.1 Å². The Hall–Kier alpha value is -1.74. The lowest BCUT2D eigenvalue weighted by molar-refractivity contribution is -0.239. The molecule has 0 spiro atoms. The van der Waals surface area contributed by atoms with Crippen LogP contribution in [-0.2, 0) is 49.0 Å². The van der Waals surface area contributed by atoms with Crippen LogP contribution in [0.3, 0.4) is 0 Å². The molecule has 24 heavy (non-hydrogen) atoms. The van der Waals surface area contributed by atoms with Gasteiger partial charge >= 0.3 is 23.3 Å². The van der Waals surface area contributed by atoms with Crippen LogP contribution >= 0.6 is 12.6 Å². The second kappa shape index (κ2) is 10.2. The molecule has 136 valence electrons. The SMILES string of the molecule is NC1CCC(=O)NC(CS)C(=O)NCC(=O)OOS(=O)OOC1=O. The summed E-state index contributed by atoms with van der Waals surface area (Å²) >= 11 is 1.18. The Kier molecular flexibility index (Phi) is 8.62. The zero-order valence-corrected chi connectivity index (χ0v) is 13.8. The third-order valence-electron chi connectivity index (χ3n) is 2.58. The van der Waals surface area contributed by atoms with Gasteiger partial charge in [0.25, 0.3) is 0 Å². The average molecular weight is 385 g/mol. The van der Waals surface area contributed by atoms with Gasteiger partial charge in [-0.2, -0.15) is 16.8 Å². The van der Waals surface area contributed by atoms with E-state index in [-0.39, 0.29) is 18.6 Å². The van der Waals surface area contributed by atoms with E-state index >= 15 is 0 Å². The van der Waals surface area contributed by atoms with Gasteiger partial charge in [0, 0.05) is 12.2 Å². The lowest BCUT2D eigenvalue weighted by atomic mass is 10.1. The number of carbonyl (C=O) groups is 4. The Morgan fingerprint density at radius 1 is 1.21 bits per heavy atom. The molecule has 3 unspecified atom stereocenters. The average Bonchev–Trinajstić information content (AvgIpc) is 2.57. The van der Waals surface area contributed by atoms with Gasteiger partial charge in [0.1, 0.15) is 18.6 Å². The van der Waals surface area contributed by atoms with Crippen molar-refractivity contribution in [3.8, 4) is 0 Å². The minimum atomic E-state index is -2.75. The van der Waals surface area contributed by atoms with E-state index in [1.54, 1.807) is 0 Å². The summed E-state index contributed by atoms with van der Waals surface area (Å²) in [4.78, 5) is 54.4. The molecular weight excluding hydrogens is 370 g/mol. The summed E-state index contributed by atoms with van der Waals surface area (Å²) in [5.74, 6) is -3.57. The first kappa shape index (κ1) is 20.3. The van der Waals surface area contributed by atoms with Crippen LogP contribution < -0.4 is 16.4 Å². The minimum Gasteiger partial charge on any atom is -0.344 e. The lowest BCUT2D eigenvalue weighted by Crippen LogP contribution is -2.49. The van der Waals surface area contributed by atoms with Crippen LogP contribution in [0.2, 0.25) is 0 Å². The van der Waals surface area contributed by atoms with Gasteiger partial charge in [0.15, 0.2) is 0 Å². The Labute approximate surface area is 143 Å². The van der Waals surface area contributed by atoms with Crippen molar-refractivity contribution in [2.75, 3.05) is 12.3 Å². The van der Waals surface area contributed by atoms with Crippen LogP contribution in [0.1, 0.15) is 12.8 Å². The van der Waals surface area contributed by atoms with Gasteiger partial charge < -0.3 is 16.4 Å². The first-order valence-electron chi connectivity index (χ1n) is 6.45. The first-order valence-corrected chi connectivity index (χ1v) is 8.08. The molecular formula is C10H15N3O9S2. The number of hydrogen-bond donors (Lipinski definition) is 4. The maximum atomic E-state index is 11.8. The summed E-state index contributed by atoms with van der Waals surface area (Å²) < 4.78 is 19.1. The van der Waals surface area contributed by atoms with E-state index in [0.717, 1.165) is 0 Å². The molecule has 1 aliphatic rings. The fourth-order valence-electron chi connectivity index (χ4n) is 1.38. The Morgan fingerprint density at radius 2 is 1.88 bits per heavy atom. The Morgan fingerprint density at radius 3 is 2.54 bits per heavy atom. The van der Waals surface area contributed by atoms with Crippen molar-refractivity contribution in [2.45, 2.75) is 24.9 Å². The molecule has 1 rings (SSSR count). The van der Waals surface area contributed by atoms with E-state index in [9.17, 15) is 23.4 Å². The van der Waals surface area contributed by atoms with Crippen LogP contribution in [0.4, 0.5) is 0 Å². The summed E-state index contributed by atoms with van der Waals surface area (Å²) in [6.07, 6.45) is -0.327. The Bertz CT molecular complexity index is 530. The molecule has 0 radical (unpaired) electrons. The molecule has 0 saturated carbocycles. The molecule has 0 aliphatic carbocycles. The van der Waals surface area contributed by atoms with Crippen LogP contribution in [0.25, 0.3) is 0 Å². The van der Waals surface area contributed by atoms with Gasteiger partial charge in [-0.25, -0.2) is 9.59 Å². The fourth-order valence-corrected chi connectivity index (χ4v) is 1.91. The van der Waals surface area contributed by atoms with Crippen molar-refractivity contribution in [1.29, 1.82) is 0 Å². The van der Waals surface area contributed by atoms with Gasteiger partial charge in [0.05, 0.1) is 0 Å². The second-order valence-corrected chi connectivity index (χ2v) is 5.41.